The van der Waals surface area contributed by atoms with Gasteiger partial charge in [-0.25, -0.2) is 4.39 Å². The molecule has 31 heavy (non-hydrogen) atoms. The summed E-state index contributed by atoms with van der Waals surface area (Å²) in [7, 11) is 0. The van der Waals surface area contributed by atoms with Crippen LogP contribution < -0.4 is 4.74 Å². The van der Waals surface area contributed by atoms with Gasteiger partial charge in [-0.05, 0) is 64.0 Å². The molecule has 1 heterocycles. The maximum absolute atomic E-state index is 13.0. The highest BCUT2D eigenvalue weighted by Gasteiger charge is 2.15. The third-order valence-corrected chi connectivity index (χ3v) is 4.75. The molecule has 2 rings (SSSR count). The molecule has 0 unspecified atom stereocenters. The molecule has 0 saturated carbocycles. The van der Waals surface area contributed by atoms with Gasteiger partial charge in [0.05, 0.1) is 31.1 Å². The van der Waals surface area contributed by atoms with Crippen LogP contribution in [0.2, 0.25) is 0 Å². The van der Waals surface area contributed by atoms with Gasteiger partial charge in [-0.1, -0.05) is 23.8 Å². The molecule has 0 spiro atoms. The molecule has 0 saturated heterocycles. The number of rotatable bonds is 11. The number of aromatic nitrogens is 3. The lowest BCUT2D eigenvalue weighted by Gasteiger charge is -2.22. The van der Waals surface area contributed by atoms with Gasteiger partial charge in [0.2, 0.25) is 5.91 Å². The normalized spacial score (nSPS) is 12.7. The van der Waals surface area contributed by atoms with Crippen LogP contribution in [0, 0.1) is 5.82 Å². The van der Waals surface area contributed by atoms with Gasteiger partial charge < -0.3 is 9.64 Å². The second kappa shape index (κ2) is 12.5. The summed E-state index contributed by atoms with van der Waals surface area (Å²) in [6.45, 7) is 9.48. The molecule has 0 bridgehead atoms. The van der Waals surface area contributed by atoms with Crippen molar-refractivity contribution in [3.63, 3.8) is 0 Å². The summed E-state index contributed by atoms with van der Waals surface area (Å²) in [5.74, 6) is 0.363. The van der Waals surface area contributed by atoms with Crippen LogP contribution in [0.25, 0.3) is 5.70 Å². The Morgan fingerprint density at radius 2 is 1.87 bits per heavy atom. The van der Waals surface area contributed by atoms with Gasteiger partial charge in [0.1, 0.15) is 11.6 Å². The highest BCUT2D eigenvalue weighted by atomic mass is 19.1. The van der Waals surface area contributed by atoms with Gasteiger partial charge in [-0.2, -0.15) is 15.0 Å². The number of hydrogen-bond acceptors (Lipinski definition) is 4. The average molecular weight is 427 g/mol. The third kappa shape index (κ3) is 7.85. The first-order valence-corrected chi connectivity index (χ1v) is 10.5. The maximum Gasteiger partial charge on any atom is 0.227 e. The summed E-state index contributed by atoms with van der Waals surface area (Å²) >= 11 is 0. The topological polar surface area (TPSA) is 60.2 Å². The summed E-state index contributed by atoms with van der Waals surface area (Å²) < 4.78 is 18.6. The minimum atomic E-state index is -0.293. The van der Waals surface area contributed by atoms with Crippen molar-refractivity contribution in [2.24, 2.45) is 0 Å². The van der Waals surface area contributed by atoms with Crippen LogP contribution in [0.15, 0.2) is 66.0 Å². The Balaban J connectivity index is 2.01. The summed E-state index contributed by atoms with van der Waals surface area (Å²) in [5, 5.41) is 8.39. The van der Waals surface area contributed by atoms with Gasteiger partial charge in [0, 0.05) is 13.1 Å². The van der Waals surface area contributed by atoms with E-state index in [0.29, 0.717) is 31.9 Å². The molecule has 0 aliphatic heterocycles. The predicted octanol–water partition coefficient (Wildman–Crippen LogP) is 4.88. The lowest BCUT2D eigenvalue weighted by molar-refractivity contribution is -0.130. The molecule has 1 amide bonds. The first kappa shape index (κ1) is 24.1. The van der Waals surface area contributed by atoms with Crippen LogP contribution in [0.3, 0.4) is 0 Å². The van der Waals surface area contributed by atoms with Crippen molar-refractivity contribution >= 4 is 11.6 Å². The van der Waals surface area contributed by atoms with Crippen molar-refractivity contribution in [3.05, 3.63) is 71.9 Å². The van der Waals surface area contributed by atoms with Crippen molar-refractivity contribution in [2.45, 2.75) is 40.5 Å². The van der Waals surface area contributed by atoms with Crippen LogP contribution in [0.5, 0.6) is 5.75 Å². The number of benzene rings is 1. The van der Waals surface area contributed by atoms with Crippen molar-refractivity contribution in [3.8, 4) is 5.75 Å². The third-order valence-electron chi connectivity index (χ3n) is 4.75. The average Bonchev–Trinajstić information content (AvgIpc) is 3.29. The number of hydrogen-bond donors (Lipinski definition) is 0. The first-order valence-electron chi connectivity index (χ1n) is 10.5. The second-order valence-corrected chi connectivity index (χ2v) is 7.12. The smallest absolute Gasteiger partial charge is 0.227 e. The van der Waals surface area contributed by atoms with Gasteiger partial charge in [-0.3, -0.25) is 4.79 Å². The van der Waals surface area contributed by atoms with Gasteiger partial charge >= 0.3 is 0 Å². The molecule has 0 fully saturated rings. The van der Waals surface area contributed by atoms with E-state index in [9.17, 15) is 9.18 Å². The molecule has 0 N–H and O–H groups in total. The molecule has 0 atom stereocenters. The summed E-state index contributed by atoms with van der Waals surface area (Å²) in [5.41, 5.74) is 2.74. The molecule has 0 aliphatic rings. The Bertz CT molecular complexity index is 916. The predicted molar refractivity (Wildman–Crippen MR) is 121 cm³/mol. The quantitative estimate of drug-likeness (QED) is 0.380. The molecule has 0 radical (unpaired) electrons. The molecule has 0 aliphatic carbocycles. The van der Waals surface area contributed by atoms with E-state index in [-0.39, 0.29) is 18.1 Å². The number of ether oxygens (including phenoxy) is 1. The Morgan fingerprint density at radius 3 is 2.48 bits per heavy atom. The first-order chi connectivity index (χ1) is 14.9. The maximum atomic E-state index is 13.0. The van der Waals surface area contributed by atoms with Crippen LogP contribution in [0.4, 0.5) is 4.39 Å². The van der Waals surface area contributed by atoms with Crippen molar-refractivity contribution in [2.75, 3.05) is 19.7 Å². The van der Waals surface area contributed by atoms with E-state index in [0.717, 1.165) is 16.8 Å². The fourth-order valence-corrected chi connectivity index (χ4v) is 3.10. The zero-order chi connectivity index (χ0) is 22.6. The molecular weight excluding hydrogens is 395 g/mol. The summed E-state index contributed by atoms with van der Waals surface area (Å²) in [4.78, 5) is 16.4. The van der Waals surface area contributed by atoms with Crippen LogP contribution in [0.1, 0.15) is 40.5 Å². The second-order valence-electron chi connectivity index (χ2n) is 7.12. The van der Waals surface area contributed by atoms with Crippen LogP contribution in [-0.4, -0.2) is 45.5 Å². The van der Waals surface area contributed by atoms with Crippen LogP contribution in [-0.2, 0) is 4.79 Å². The minimum absolute atomic E-state index is 0.0373. The Kier molecular flexibility index (Phi) is 9.68. The zero-order valence-electron chi connectivity index (χ0n) is 18.7. The Labute approximate surface area is 183 Å². The van der Waals surface area contributed by atoms with E-state index in [1.54, 1.807) is 24.5 Å². The number of allylic oxidation sites excluding steroid dienone is 5. The molecule has 166 valence electrons. The number of amides is 1. The fraction of sp³-hybridized carbons (Fsp3) is 0.375. The van der Waals surface area contributed by atoms with Gasteiger partial charge in [0.15, 0.2) is 0 Å². The number of nitrogens with zero attached hydrogens (tertiary/aromatic N) is 4. The molecule has 7 heteroatoms. The summed E-state index contributed by atoms with van der Waals surface area (Å²) in [6.07, 6.45) is 10.1. The van der Waals surface area contributed by atoms with Gasteiger partial charge in [-0.15, -0.1) is 0 Å². The zero-order valence-corrected chi connectivity index (χ0v) is 18.7. The van der Waals surface area contributed by atoms with E-state index >= 15 is 0 Å². The largest absolute Gasteiger partial charge is 0.494 e. The number of halogens is 1. The fourth-order valence-electron chi connectivity index (χ4n) is 3.10. The highest BCUT2D eigenvalue weighted by molar-refractivity contribution is 5.81. The lowest BCUT2D eigenvalue weighted by atomic mass is 10.1. The van der Waals surface area contributed by atoms with E-state index in [1.807, 2.05) is 50.8 Å². The molecular formula is C24H31FN4O2. The van der Waals surface area contributed by atoms with E-state index < -0.39 is 0 Å². The van der Waals surface area contributed by atoms with Gasteiger partial charge in [0.25, 0.3) is 0 Å². The monoisotopic (exact) mass is 426 g/mol. The number of carbonyl (C=O) groups excluding carboxylic acids is 1. The van der Waals surface area contributed by atoms with Crippen molar-refractivity contribution < 1.29 is 13.9 Å². The molecule has 2 aromatic rings. The Hall–Kier alpha value is -3.22. The molecule has 6 nitrogen and oxygen atoms in total. The molecule has 1 aromatic heterocycles. The van der Waals surface area contributed by atoms with E-state index in [1.165, 1.54) is 16.9 Å². The van der Waals surface area contributed by atoms with Crippen molar-refractivity contribution in [1.82, 2.24) is 19.9 Å². The Morgan fingerprint density at radius 1 is 1.19 bits per heavy atom. The van der Waals surface area contributed by atoms with Crippen molar-refractivity contribution in [1.29, 1.82) is 0 Å². The van der Waals surface area contributed by atoms with Crippen LogP contribution >= 0.6 is 0 Å². The summed E-state index contributed by atoms with van der Waals surface area (Å²) in [6, 6.07) is 5.93. The minimum Gasteiger partial charge on any atom is -0.494 e. The standard InChI is InChI=1S/C24H31FN4O2/c1-5-8-19(3)17-21(20(4)29-26-13-14-27-29)18-24(30)28(6-2)15-7-16-31-23-11-9-22(25)10-12-23/h5,8-14,17H,6-7,15-16,18H2,1-4H3/b8-5-,19-17-,21-20-. The SMILES string of the molecule is C\C=C/C(C)=C\C(CC(=O)N(CC)CCCOc1ccc(F)cc1)=C(/C)n1nccn1. The van der Waals surface area contributed by atoms with E-state index in [2.05, 4.69) is 10.2 Å². The number of carbonyl (C=O) groups is 1. The molecule has 1 aromatic carbocycles. The lowest BCUT2D eigenvalue weighted by Crippen LogP contribution is -2.32. The highest BCUT2D eigenvalue weighted by Crippen LogP contribution is 2.18. The van der Waals surface area contributed by atoms with E-state index in [4.69, 9.17) is 4.74 Å².